The third kappa shape index (κ3) is 2.76. The molecule has 1 saturated heterocycles. The highest BCUT2D eigenvalue weighted by Crippen LogP contribution is 2.15. The summed E-state index contributed by atoms with van der Waals surface area (Å²) < 4.78 is 0. The van der Waals surface area contributed by atoms with Gasteiger partial charge in [0.25, 0.3) is 0 Å². The second-order valence-corrected chi connectivity index (χ2v) is 4.63. The third-order valence-electron chi connectivity index (χ3n) is 3.31. The van der Waals surface area contributed by atoms with E-state index in [2.05, 4.69) is 39.6 Å². The van der Waals surface area contributed by atoms with Crippen molar-refractivity contribution < 1.29 is 0 Å². The van der Waals surface area contributed by atoms with Crippen LogP contribution in [0.1, 0.15) is 25.6 Å². The van der Waals surface area contributed by atoms with Gasteiger partial charge in [-0.3, -0.25) is 0 Å². The highest BCUT2D eigenvalue weighted by Gasteiger charge is 2.22. The standard InChI is InChI=1S/C10H20N6/c1-8-6-9(4-5-15(8)2)11-7-10-12-14-16(3)13-10/h8-9,11H,4-7H2,1-3H3. The molecule has 2 unspecified atom stereocenters. The molecular formula is C10H20N6. The van der Waals surface area contributed by atoms with E-state index < -0.39 is 0 Å². The number of piperidine rings is 1. The van der Waals surface area contributed by atoms with Gasteiger partial charge >= 0.3 is 0 Å². The van der Waals surface area contributed by atoms with Gasteiger partial charge in [0.2, 0.25) is 0 Å². The van der Waals surface area contributed by atoms with Gasteiger partial charge in [0.05, 0.1) is 13.6 Å². The molecule has 0 spiro atoms. The summed E-state index contributed by atoms with van der Waals surface area (Å²) in [5.74, 6) is 0.772. The molecule has 16 heavy (non-hydrogen) atoms. The summed E-state index contributed by atoms with van der Waals surface area (Å²) in [5, 5.41) is 15.4. The van der Waals surface area contributed by atoms with E-state index in [0.29, 0.717) is 12.1 Å². The minimum absolute atomic E-state index is 0.579. The molecule has 0 bridgehead atoms. The Bertz CT molecular complexity index is 336. The predicted molar refractivity (Wildman–Crippen MR) is 60.8 cm³/mol. The van der Waals surface area contributed by atoms with E-state index in [-0.39, 0.29) is 0 Å². The molecule has 0 saturated carbocycles. The molecule has 0 aromatic carbocycles. The van der Waals surface area contributed by atoms with Crippen molar-refractivity contribution in [2.75, 3.05) is 13.6 Å². The van der Waals surface area contributed by atoms with Crippen LogP contribution in [-0.4, -0.2) is 50.8 Å². The van der Waals surface area contributed by atoms with Crippen molar-refractivity contribution >= 4 is 0 Å². The van der Waals surface area contributed by atoms with Gasteiger partial charge in [-0.25, -0.2) is 0 Å². The minimum atomic E-state index is 0.579. The van der Waals surface area contributed by atoms with Crippen molar-refractivity contribution in [1.29, 1.82) is 0 Å². The molecule has 1 fully saturated rings. The van der Waals surface area contributed by atoms with Gasteiger partial charge in [-0.05, 0) is 38.6 Å². The first-order valence-corrected chi connectivity index (χ1v) is 5.81. The lowest BCUT2D eigenvalue weighted by atomic mass is 9.99. The maximum Gasteiger partial charge on any atom is 0.188 e. The van der Waals surface area contributed by atoms with Crippen LogP contribution in [0.15, 0.2) is 0 Å². The van der Waals surface area contributed by atoms with Gasteiger partial charge in [0.1, 0.15) is 0 Å². The van der Waals surface area contributed by atoms with Crippen molar-refractivity contribution in [3.63, 3.8) is 0 Å². The molecule has 1 aliphatic heterocycles. The summed E-state index contributed by atoms with van der Waals surface area (Å²) in [6, 6.07) is 1.23. The Kier molecular flexibility index (Phi) is 3.50. The fourth-order valence-corrected chi connectivity index (χ4v) is 2.10. The van der Waals surface area contributed by atoms with Crippen LogP contribution in [0, 0.1) is 0 Å². The zero-order valence-corrected chi connectivity index (χ0v) is 10.2. The molecule has 2 atom stereocenters. The van der Waals surface area contributed by atoms with Crippen LogP contribution in [0.4, 0.5) is 0 Å². The zero-order valence-electron chi connectivity index (χ0n) is 10.2. The highest BCUT2D eigenvalue weighted by atomic mass is 15.6. The van der Waals surface area contributed by atoms with E-state index in [0.717, 1.165) is 18.9 Å². The quantitative estimate of drug-likeness (QED) is 0.769. The number of aromatic nitrogens is 4. The molecule has 1 aromatic heterocycles. The number of hydrogen-bond acceptors (Lipinski definition) is 5. The predicted octanol–water partition coefficient (Wildman–Crippen LogP) is -0.218. The zero-order chi connectivity index (χ0) is 11.5. The monoisotopic (exact) mass is 224 g/mol. The van der Waals surface area contributed by atoms with Crippen LogP contribution < -0.4 is 5.32 Å². The summed E-state index contributed by atoms with van der Waals surface area (Å²) in [7, 11) is 3.97. The van der Waals surface area contributed by atoms with Crippen LogP contribution >= 0.6 is 0 Å². The van der Waals surface area contributed by atoms with Gasteiger partial charge < -0.3 is 10.2 Å². The number of likely N-dealkylation sites (tertiary alicyclic amines) is 1. The summed E-state index contributed by atoms with van der Waals surface area (Å²) in [4.78, 5) is 3.90. The second-order valence-electron chi connectivity index (χ2n) is 4.63. The average molecular weight is 224 g/mol. The summed E-state index contributed by atoms with van der Waals surface area (Å²) in [5.41, 5.74) is 0. The summed E-state index contributed by atoms with van der Waals surface area (Å²) >= 11 is 0. The molecule has 1 N–H and O–H groups in total. The molecular weight excluding hydrogens is 204 g/mol. The van der Waals surface area contributed by atoms with Gasteiger partial charge in [-0.1, -0.05) is 0 Å². The summed E-state index contributed by atoms with van der Waals surface area (Å²) in [6.07, 6.45) is 2.39. The molecule has 90 valence electrons. The van der Waals surface area contributed by atoms with Gasteiger partial charge in [-0.15, -0.1) is 10.2 Å². The van der Waals surface area contributed by atoms with E-state index >= 15 is 0 Å². The van der Waals surface area contributed by atoms with Crippen molar-refractivity contribution in [3.05, 3.63) is 5.82 Å². The summed E-state index contributed by atoms with van der Waals surface area (Å²) in [6.45, 7) is 4.15. The Hall–Kier alpha value is -1.01. The van der Waals surface area contributed by atoms with Crippen LogP contribution in [0.2, 0.25) is 0 Å². The lowest BCUT2D eigenvalue weighted by Gasteiger charge is -2.35. The molecule has 0 amide bonds. The third-order valence-corrected chi connectivity index (χ3v) is 3.31. The average Bonchev–Trinajstić information content (AvgIpc) is 2.66. The lowest BCUT2D eigenvalue weighted by molar-refractivity contribution is 0.167. The number of rotatable bonds is 3. The first-order chi connectivity index (χ1) is 7.65. The van der Waals surface area contributed by atoms with Crippen LogP contribution in [-0.2, 0) is 13.6 Å². The normalized spacial score (nSPS) is 27.2. The smallest absolute Gasteiger partial charge is 0.188 e. The maximum absolute atomic E-state index is 4.15. The molecule has 2 rings (SSSR count). The highest BCUT2D eigenvalue weighted by molar-refractivity contribution is 4.84. The topological polar surface area (TPSA) is 58.9 Å². The van der Waals surface area contributed by atoms with E-state index in [4.69, 9.17) is 0 Å². The van der Waals surface area contributed by atoms with Crippen molar-refractivity contribution in [1.82, 2.24) is 30.4 Å². The van der Waals surface area contributed by atoms with E-state index in [9.17, 15) is 0 Å². The Labute approximate surface area is 96.0 Å². The fourth-order valence-electron chi connectivity index (χ4n) is 2.10. The van der Waals surface area contributed by atoms with E-state index in [1.807, 2.05) is 0 Å². The number of nitrogens with one attached hydrogen (secondary N) is 1. The minimum Gasteiger partial charge on any atom is -0.307 e. The first-order valence-electron chi connectivity index (χ1n) is 5.81. The molecule has 0 radical (unpaired) electrons. The molecule has 2 heterocycles. The molecule has 1 aliphatic rings. The maximum atomic E-state index is 4.15. The Morgan fingerprint density at radius 2 is 2.25 bits per heavy atom. The largest absolute Gasteiger partial charge is 0.307 e. The fraction of sp³-hybridized carbons (Fsp3) is 0.900. The SMILES string of the molecule is CC1CC(NCc2nnn(C)n2)CCN1C. The van der Waals surface area contributed by atoms with E-state index in [1.165, 1.54) is 17.6 Å². The van der Waals surface area contributed by atoms with Crippen LogP contribution in [0.5, 0.6) is 0 Å². The first kappa shape index (κ1) is 11.5. The van der Waals surface area contributed by atoms with Gasteiger partial charge in [0.15, 0.2) is 5.82 Å². The number of aryl methyl sites for hydroxylation is 1. The molecule has 6 heteroatoms. The Morgan fingerprint density at radius 1 is 1.44 bits per heavy atom. The van der Waals surface area contributed by atoms with Crippen molar-refractivity contribution in [2.24, 2.45) is 7.05 Å². The Balaban J connectivity index is 1.78. The van der Waals surface area contributed by atoms with Gasteiger partial charge in [0, 0.05) is 12.1 Å². The number of hydrogen-bond donors (Lipinski definition) is 1. The molecule has 6 nitrogen and oxygen atoms in total. The molecule has 0 aliphatic carbocycles. The van der Waals surface area contributed by atoms with Crippen molar-refractivity contribution in [2.45, 2.75) is 38.4 Å². The second kappa shape index (κ2) is 4.88. The van der Waals surface area contributed by atoms with E-state index in [1.54, 1.807) is 7.05 Å². The van der Waals surface area contributed by atoms with Gasteiger partial charge in [-0.2, -0.15) is 4.80 Å². The molecule has 1 aromatic rings. The Morgan fingerprint density at radius 3 is 2.88 bits per heavy atom. The lowest BCUT2D eigenvalue weighted by Crippen LogP contribution is -2.45. The van der Waals surface area contributed by atoms with Crippen LogP contribution in [0.25, 0.3) is 0 Å². The number of tetrazole rings is 1. The van der Waals surface area contributed by atoms with Crippen LogP contribution in [0.3, 0.4) is 0 Å². The number of nitrogens with zero attached hydrogens (tertiary/aromatic N) is 5. The van der Waals surface area contributed by atoms with Crippen molar-refractivity contribution in [3.8, 4) is 0 Å².